The molecule has 1 N–H and O–H groups in total. The minimum Gasteiger partial charge on any atom is -0.317 e. The summed E-state index contributed by atoms with van der Waals surface area (Å²) in [5.74, 6) is 0. The van der Waals surface area contributed by atoms with Crippen molar-refractivity contribution in [3.05, 3.63) is 0 Å². The number of fused-ring (bicyclic) bond motifs is 1. The second-order valence-corrected chi connectivity index (χ2v) is 4.84. The van der Waals surface area contributed by atoms with Gasteiger partial charge in [-0.15, -0.1) is 0 Å². The zero-order valence-electron chi connectivity index (χ0n) is 10.0. The SMILES string of the molecule is CCNCCCN1CCN2CCCC2C1. The van der Waals surface area contributed by atoms with Crippen LogP contribution in [0, 0.1) is 0 Å². The predicted molar refractivity (Wildman–Crippen MR) is 64.2 cm³/mol. The lowest BCUT2D eigenvalue weighted by molar-refractivity contribution is 0.104. The van der Waals surface area contributed by atoms with Crippen LogP contribution < -0.4 is 5.32 Å². The van der Waals surface area contributed by atoms with Crippen LogP contribution in [-0.2, 0) is 0 Å². The smallest absolute Gasteiger partial charge is 0.0224 e. The molecule has 0 amide bonds. The van der Waals surface area contributed by atoms with Crippen molar-refractivity contribution in [1.82, 2.24) is 15.1 Å². The number of hydrogen-bond acceptors (Lipinski definition) is 3. The van der Waals surface area contributed by atoms with Crippen LogP contribution in [-0.4, -0.2) is 61.7 Å². The number of nitrogens with zero attached hydrogens (tertiary/aromatic N) is 2. The highest BCUT2D eigenvalue weighted by atomic mass is 15.3. The van der Waals surface area contributed by atoms with Crippen LogP contribution in [0.1, 0.15) is 26.2 Å². The van der Waals surface area contributed by atoms with Crippen molar-refractivity contribution in [2.45, 2.75) is 32.2 Å². The van der Waals surface area contributed by atoms with Crippen molar-refractivity contribution in [2.24, 2.45) is 0 Å². The molecular formula is C12H25N3. The Morgan fingerprint density at radius 3 is 3.07 bits per heavy atom. The van der Waals surface area contributed by atoms with Crippen molar-refractivity contribution >= 4 is 0 Å². The first-order chi connectivity index (χ1) is 7.40. The summed E-state index contributed by atoms with van der Waals surface area (Å²) in [7, 11) is 0. The van der Waals surface area contributed by atoms with E-state index in [2.05, 4.69) is 22.0 Å². The molecular weight excluding hydrogens is 186 g/mol. The van der Waals surface area contributed by atoms with Crippen LogP contribution in [0.5, 0.6) is 0 Å². The molecule has 1 atom stereocenters. The summed E-state index contributed by atoms with van der Waals surface area (Å²) in [6, 6.07) is 0.887. The lowest BCUT2D eigenvalue weighted by Crippen LogP contribution is -2.50. The summed E-state index contributed by atoms with van der Waals surface area (Å²) in [6.45, 7) is 11.0. The molecule has 3 nitrogen and oxygen atoms in total. The molecule has 0 saturated carbocycles. The van der Waals surface area contributed by atoms with Gasteiger partial charge in [0.2, 0.25) is 0 Å². The maximum absolute atomic E-state index is 3.40. The molecule has 2 saturated heterocycles. The fourth-order valence-corrected chi connectivity index (χ4v) is 2.86. The highest BCUT2D eigenvalue weighted by molar-refractivity contribution is 4.86. The molecule has 2 aliphatic heterocycles. The van der Waals surface area contributed by atoms with Crippen molar-refractivity contribution in [3.8, 4) is 0 Å². The Hall–Kier alpha value is -0.120. The molecule has 88 valence electrons. The Morgan fingerprint density at radius 1 is 1.27 bits per heavy atom. The summed E-state index contributed by atoms with van der Waals surface area (Å²) >= 11 is 0. The number of piperazine rings is 1. The highest BCUT2D eigenvalue weighted by Crippen LogP contribution is 2.21. The van der Waals surface area contributed by atoms with Crippen LogP contribution in [0.15, 0.2) is 0 Å². The van der Waals surface area contributed by atoms with Gasteiger partial charge in [0, 0.05) is 25.7 Å². The van der Waals surface area contributed by atoms with Crippen LogP contribution in [0.25, 0.3) is 0 Å². The molecule has 3 heteroatoms. The lowest BCUT2D eigenvalue weighted by atomic mass is 10.1. The van der Waals surface area contributed by atoms with Crippen LogP contribution in [0.4, 0.5) is 0 Å². The summed E-state index contributed by atoms with van der Waals surface area (Å²) in [5, 5.41) is 3.40. The quantitative estimate of drug-likeness (QED) is 0.678. The van der Waals surface area contributed by atoms with Gasteiger partial charge in [0.25, 0.3) is 0 Å². The van der Waals surface area contributed by atoms with Gasteiger partial charge >= 0.3 is 0 Å². The van der Waals surface area contributed by atoms with Crippen LogP contribution >= 0.6 is 0 Å². The molecule has 15 heavy (non-hydrogen) atoms. The topological polar surface area (TPSA) is 18.5 Å². The van der Waals surface area contributed by atoms with E-state index in [4.69, 9.17) is 0 Å². The largest absolute Gasteiger partial charge is 0.317 e. The molecule has 0 radical (unpaired) electrons. The van der Waals surface area contributed by atoms with Gasteiger partial charge in [-0.2, -0.15) is 0 Å². The number of rotatable bonds is 5. The average Bonchev–Trinajstić information content (AvgIpc) is 2.71. The van der Waals surface area contributed by atoms with E-state index >= 15 is 0 Å². The van der Waals surface area contributed by atoms with E-state index < -0.39 is 0 Å². The van der Waals surface area contributed by atoms with Gasteiger partial charge in [-0.3, -0.25) is 4.90 Å². The van der Waals surface area contributed by atoms with Gasteiger partial charge in [0.1, 0.15) is 0 Å². The number of nitrogens with one attached hydrogen (secondary N) is 1. The van der Waals surface area contributed by atoms with E-state index in [9.17, 15) is 0 Å². The third-order valence-corrected chi connectivity index (χ3v) is 3.75. The fraction of sp³-hybridized carbons (Fsp3) is 1.00. The molecule has 0 aliphatic carbocycles. The average molecular weight is 211 g/mol. The van der Waals surface area contributed by atoms with E-state index in [0.29, 0.717) is 0 Å². The highest BCUT2D eigenvalue weighted by Gasteiger charge is 2.29. The van der Waals surface area contributed by atoms with Gasteiger partial charge in [-0.25, -0.2) is 0 Å². The zero-order valence-corrected chi connectivity index (χ0v) is 10.0. The first-order valence-electron chi connectivity index (χ1n) is 6.57. The molecule has 0 spiro atoms. The summed E-state index contributed by atoms with van der Waals surface area (Å²) in [6.07, 6.45) is 4.17. The van der Waals surface area contributed by atoms with E-state index in [-0.39, 0.29) is 0 Å². The molecule has 0 aromatic carbocycles. The number of hydrogen-bond donors (Lipinski definition) is 1. The predicted octanol–water partition coefficient (Wildman–Crippen LogP) is 0.766. The standard InChI is InChI=1S/C12H25N3/c1-2-13-6-4-7-14-9-10-15-8-3-5-12(15)11-14/h12-13H,2-11H2,1H3. The Morgan fingerprint density at radius 2 is 2.20 bits per heavy atom. The van der Waals surface area contributed by atoms with E-state index in [1.165, 1.54) is 58.5 Å². The zero-order chi connectivity index (χ0) is 10.5. The Kier molecular flexibility index (Phi) is 4.42. The Bertz CT molecular complexity index is 184. The van der Waals surface area contributed by atoms with Crippen molar-refractivity contribution < 1.29 is 0 Å². The monoisotopic (exact) mass is 211 g/mol. The van der Waals surface area contributed by atoms with Crippen LogP contribution in [0.3, 0.4) is 0 Å². The van der Waals surface area contributed by atoms with Gasteiger partial charge in [-0.05, 0) is 45.4 Å². The molecule has 2 fully saturated rings. The third-order valence-electron chi connectivity index (χ3n) is 3.75. The van der Waals surface area contributed by atoms with Crippen molar-refractivity contribution in [1.29, 1.82) is 0 Å². The van der Waals surface area contributed by atoms with Gasteiger partial charge in [-0.1, -0.05) is 6.92 Å². The summed E-state index contributed by atoms with van der Waals surface area (Å²) in [4.78, 5) is 5.34. The minimum absolute atomic E-state index is 0.887. The lowest BCUT2D eigenvalue weighted by Gasteiger charge is -2.37. The maximum Gasteiger partial charge on any atom is 0.0224 e. The molecule has 1 unspecified atom stereocenters. The summed E-state index contributed by atoms with van der Waals surface area (Å²) in [5.41, 5.74) is 0. The molecule has 0 aromatic heterocycles. The fourth-order valence-electron chi connectivity index (χ4n) is 2.86. The first-order valence-corrected chi connectivity index (χ1v) is 6.57. The molecule has 0 bridgehead atoms. The van der Waals surface area contributed by atoms with Crippen molar-refractivity contribution in [2.75, 3.05) is 45.8 Å². The van der Waals surface area contributed by atoms with Crippen LogP contribution in [0.2, 0.25) is 0 Å². The maximum atomic E-state index is 3.40. The van der Waals surface area contributed by atoms with E-state index in [0.717, 1.165) is 12.6 Å². The normalized spacial score (nSPS) is 28.2. The molecule has 0 aromatic rings. The van der Waals surface area contributed by atoms with Gasteiger partial charge in [0.05, 0.1) is 0 Å². The van der Waals surface area contributed by atoms with Gasteiger partial charge < -0.3 is 10.2 Å². The molecule has 2 aliphatic rings. The summed E-state index contributed by atoms with van der Waals surface area (Å²) < 4.78 is 0. The Balaban J connectivity index is 1.62. The second kappa shape index (κ2) is 5.83. The first kappa shape index (κ1) is 11.4. The van der Waals surface area contributed by atoms with Gasteiger partial charge in [0.15, 0.2) is 0 Å². The van der Waals surface area contributed by atoms with E-state index in [1.54, 1.807) is 0 Å². The second-order valence-electron chi connectivity index (χ2n) is 4.84. The molecule has 2 heterocycles. The van der Waals surface area contributed by atoms with Crippen molar-refractivity contribution in [3.63, 3.8) is 0 Å². The third kappa shape index (κ3) is 3.16. The van der Waals surface area contributed by atoms with E-state index in [1.807, 2.05) is 0 Å². The Labute approximate surface area is 93.8 Å². The minimum atomic E-state index is 0.887. The molecule has 2 rings (SSSR count).